The van der Waals surface area contributed by atoms with Crippen molar-refractivity contribution < 1.29 is 18.0 Å². The van der Waals surface area contributed by atoms with Gasteiger partial charge in [0.15, 0.2) is 5.16 Å². The highest BCUT2D eigenvalue weighted by molar-refractivity contribution is 7.99. The number of carbonyl (C=O) groups is 1. The summed E-state index contributed by atoms with van der Waals surface area (Å²) in [6.45, 7) is 1.97. The zero-order chi connectivity index (χ0) is 21.2. The molecule has 1 aromatic carbocycles. The molecule has 0 saturated carbocycles. The molecule has 0 aliphatic rings. The number of nitrogens with zero attached hydrogens (tertiary/aromatic N) is 4. The average Bonchev–Trinajstić information content (AvgIpc) is 3.06. The first kappa shape index (κ1) is 21.1. The number of benzene rings is 1. The lowest BCUT2D eigenvalue weighted by atomic mass is 10.1. The van der Waals surface area contributed by atoms with Crippen LogP contribution < -0.4 is 5.32 Å². The van der Waals surface area contributed by atoms with Crippen LogP contribution >= 0.6 is 23.4 Å². The van der Waals surface area contributed by atoms with Gasteiger partial charge in [0.1, 0.15) is 12.0 Å². The van der Waals surface area contributed by atoms with Crippen molar-refractivity contribution in [3.63, 3.8) is 0 Å². The van der Waals surface area contributed by atoms with E-state index in [0.29, 0.717) is 11.8 Å². The van der Waals surface area contributed by atoms with Gasteiger partial charge in [0.2, 0.25) is 0 Å². The number of alkyl halides is 3. The van der Waals surface area contributed by atoms with Gasteiger partial charge in [0, 0.05) is 24.2 Å². The maximum atomic E-state index is 13.0. The molecule has 2 aromatic heterocycles. The van der Waals surface area contributed by atoms with E-state index in [1.807, 2.05) is 20.0 Å². The smallest absolute Gasteiger partial charge is 0.321 e. The van der Waals surface area contributed by atoms with Crippen LogP contribution in [-0.4, -0.2) is 25.7 Å². The molecule has 1 atom stereocenters. The second kappa shape index (κ2) is 8.42. The number of carbonyl (C=O) groups excluding carboxylic acids is 1. The van der Waals surface area contributed by atoms with Gasteiger partial charge >= 0.3 is 6.18 Å². The Morgan fingerprint density at radius 3 is 2.72 bits per heavy atom. The van der Waals surface area contributed by atoms with Crippen molar-refractivity contribution in [3.8, 4) is 0 Å². The molecule has 0 unspecified atom stereocenters. The maximum absolute atomic E-state index is 13.0. The van der Waals surface area contributed by atoms with E-state index in [-0.39, 0.29) is 10.9 Å². The van der Waals surface area contributed by atoms with Crippen molar-refractivity contribution >= 4 is 35.0 Å². The van der Waals surface area contributed by atoms with Gasteiger partial charge in [-0.15, -0.1) is 10.2 Å². The van der Waals surface area contributed by atoms with Crippen LogP contribution in [-0.2, 0) is 13.2 Å². The molecule has 152 valence electrons. The predicted molar refractivity (Wildman–Crippen MR) is 104 cm³/mol. The lowest BCUT2D eigenvalue weighted by Crippen LogP contribution is -2.16. The van der Waals surface area contributed by atoms with E-state index in [1.54, 1.807) is 29.1 Å². The standard InChI is InChI=1S/C18H15ClF3N5OS/c1-10(29-17-26-24-9-27(17)2)11-4-3-5-12(6-11)25-16(28)15-7-13(18(20,21)22)14(19)8-23-15/h3-10H,1-2H3,(H,25,28)/t10-/m0/s1. The third kappa shape index (κ3) is 5.07. The predicted octanol–water partition coefficient (Wildman–Crippen LogP) is 4.99. The molecule has 29 heavy (non-hydrogen) atoms. The van der Waals surface area contributed by atoms with E-state index in [0.717, 1.165) is 16.9 Å². The summed E-state index contributed by atoms with van der Waals surface area (Å²) >= 11 is 7.03. The Hall–Kier alpha value is -2.59. The molecule has 11 heteroatoms. The van der Waals surface area contributed by atoms with Crippen LogP contribution in [0.1, 0.15) is 33.8 Å². The SMILES string of the molecule is C[C@H](Sc1nncn1C)c1cccc(NC(=O)c2cc(C(F)(F)F)c(Cl)cn2)c1. The zero-order valence-corrected chi connectivity index (χ0v) is 16.8. The Morgan fingerprint density at radius 1 is 1.31 bits per heavy atom. The molecule has 1 amide bonds. The zero-order valence-electron chi connectivity index (χ0n) is 15.2. The normalized spacial score (nSPS) is 12.6. The molecule has 0 aliphatic carbocycles. The van der Waals surface area contributed by atoms with Crippen LogP contribution in [0.2, 0.25) is 5.02 Å². The summed E-state index contributed by atoms with van der Waals surface area (Å²) in [5.74, 6) is -0.766. The van der Waals surface area contributed by atoms with Crippen molar-refractivity contribution in [1.82, 2.24) is 19.7 Å². The molecule has 6 nitrogen and oxygen atoms in total. The molecule has 0 bridgehead atoms. The van der Waals surface area contributed by atoms with E-state index in [1.165, 1.54) is 11.8 Å². The maximum Gasteiger partial charge on any atom is 0.417 e. The number of pyridine rings is 1. The van der Waals surface area contributed by atoms with E-state index in [9.17, 15) is 18.0 Å². The number of rotatable bonds is 5. The fourth-order valence-electron chi connectivity index (χ4n) is 2.45. The quantitative estimate of drug-likeness (QED) is 0.565. The number of hydrogen-bond acceptors (Lipinski definition) is 5. The molecule has 1 N–H and O–H groups in total. The topological polar surface area (TPSA) is 72.7 Å². The molecule has 3 aromatic rings. The molecular formula is C18H15ClF3N5OS. The van der Waals surface area contributed by atoms with Crippen LogP contribution in [0.25, 0.3) is 0 Å². The van der Waals surface area contributed by atoms with E-state index < -0.39 is 22.7 Å². The number of aromatic nitrogens is 4. The van der Waals surface area contributed by atoms with Gasteiger partial charge < -0.3 is 9.88 Å². The summed E-state index contributed by atoms with van der Waals surface area (Å²) in [5.41, 5.74) is -0.158. The first-order chi connectivity index (χ1) is 13.6. The van der Waals surface area contributed by atoms with Crippen molar-refractivity contribution in [2.45, 2.75) is 23.5 Å². The molecular weight excluding hydrogens is 427 g/mol. The lowest BCUT2D eigenvalue weighted by Gasteiger charge is -2.13. The van der Waals surface area contributed by atoms with Crippen molar-refractivity contribution in [2.24, 2.45) is 7.05 Å². The van der Waals surface area contributed by atoms with Crippen LogP contribution in [0.4, 0.5) is 18.9 Å². The second-order valence-electron chi connectivity index (χ2n) is 6.11. The number of nitrogens with one attached hydrogen (secondary N) is 1. The Labute approximate surface area is 173 Å². The van der Waals surface area contributed by atoms with Crippen LogP contribution in [0, 0.1) is 0 Å². The van der Waals surface area contributed by atoms with Crippen LogP contribution in [0.15, 0.2) is 48.0 Å². The van der Waals surface area contributed by atoms with Crippen molar-refractivity contribution in [3.05, 3.63) is 64.7 Å². The number of amides is 1. The van der Waals surface area contributed by atoms with Gasteiger partial charge in [-0.2, -0.15) is 13.2 Å². The molecule has 0 spiro atoms. The Balaban J connectivity index is 1.76. The Kier molecular flexibility index (Phi) is 6.13. The van der Waals surface area contributed by atoms with Gasteiger partial charge in [0.05, 0.1) is 10.6 Å². The first-order valence-corrected chi connectivity index (χ1v) is 9.55. The monoisotopic (exact) mass is 441 g/mol. The van der Waals surface area contributed by atoms with E-state index in [2.05, 4.69) is 20.5 Å². The fourth-order valence-corrected chi connectivity index (χ4v) is 3.57. The second-order valence-corrected chi connectivity index (χ2v) is 7.83. The lowest BCUT2D eigenvalue weighted by molar-refractivity contribution is -0.137. The number of anilines is 1. The summed E-state index contributed by atoms with van der Waals surface area (Å²) < 4.78 is 40.8. The van der Waals surface area contributed by atoms with Gasteiger partial charge in [-0.05, 0) is 30.7 Å². The largest absolute Gasteiger partial charge is 0.417 e. The van der Waals surface area contributed by atoms with E-state index >= 15 is 0 Å². The summed E-state index contributed by atoms with van der Waals surface area (Å²) in [6.07, 6.45) is -2.27. The summed E-state index contributed by atoms with van der Waals surface area (Å²) in [5, 5.41) is 10.6. The van der Waals surface area contributed by atoms with Gasteiger partial charge in [-0.1, -0.05) is 35.5 Å². The van der Waals surface area contributed by atoms with E-state index in [4.69, 9.17) is 11.6 Å². The number of hydrogen-bond donors (Lipinski definition) is 1. The number of halogens is 4. The van der Waals surface area contributed by atoms with Gasteiger partial charge in [0.25, 0.3) is 5.91 Å². The molecule has 3 rings (SSSR count). The highest BCUT2D eigenvalue weighted by Crippen LogP contribution is 2.35. The minimum absolute atomic E-state index is 0.000223. The minimum Gasteiger partial charge on any atom is -0.321 e. The molecule has 2 heterocycles. The number of aryl methyl sites for hydroxylation is 1. The average molecular weight is 442 g/mol. The van der Waals surface area contributed by atoms with Gasteiger partial charge in [-0.25, -0.2) is 4.98 Å². The third-order valence-corrected chi connectivity index (χ3v) is 5.47. The fraction of sp³-hybridized carbons (Fsp3) is 0.222. The first-order valence-electron chi connectivity index (χ1n) is 8.30. The minimum atomic E-state index is -4.68. The molecule has 0 saturated heterocycles. The van der Waals surface area contributed by atoms with Crippen LogP contribution in [0.3, 0.4) is 0 Å². The highest BCUT2D eigenvalue weighted by Gasteiger charge is 2.34. The highest BCUT2D eigenvalue weighted by atomic mass is 35.5. The summed E-state index contributed by atoms with van der Waals surface area (Å²) in [4.78, 5) is 16.1. The number of thioether (sulfide) groups is 1. The van der Waals surface area contributed by atoms with Crippen molar-refractivity contribution in [1.29, 1.82) is 0 Å². The van der Waals surface area contributed by atoms with Gasteiger partial charge in [-0.3, -0.25) is 4.79 Å². The Bertz CT molecular complexity index is 1040. The summed E-state index contributed by atoms with van der Waals surface area (Å²) in [7, 11) is 1.83. The molecule has 0 radical (unpaired) electrons. The van der Waals surface area contributed by atoms with Crippen molar-refractivity contribution in [2.75, 3.05) is 5.32 Å². The molecule has 0 fully saturated rings. The third-order valence-electron chi connectivity index (χ3n) is 3.96. The molecule has 0 aliphatic heterocycles. The summed E-state index contributed by atoms with van der Waals surface area (Å²) in [6, 6.07) is 7.64. The van der Waals surface area contributed by atoms with Crippen LogP contribution in [0.5, 0.6) is 0 Å². The Morgan fingerprint density at radius 2 is 2.07 bits per heavy atom.